The van der Waals surface area contributed by atoms with Gasteiger partial charge >= 0.3 is 36.0 Å². The second-order valence-corrected chi connectivity index (χ2v) is 38.5. The lowest BCUT2D eigenvalue weighted by molar-refractivity contribution is -0.180. The van der Waals surface area contributed by atoms with Crippen molar-refractivity contribution in [3.8, 4) is 23.0 Å². The molecular weight excluding hydrogens is 2000 g/mol. The smallest absolute Gasteiger partial charge is 0.446 e. The van der Waals surface area contributed by atoms with Crippen molar-refractivity contribution in [3.05, 3.63) is 307 Å². The van der Waals surface area contributed by atoms with Crippen LogP contribution < -0.4 is 32.3 Å². The molecule has 9 amide bonds. The number of phenolic OH excluding ortho intramolecular Hbond substituents is 4. The summed E-state index contributed by atoms with van der Waals surface area (Å²) in [5.74, 6) is -15.3. The standard InChI is InChI=1S/C50H48N8O12S.C32H33N3O5S.C18H17N5O8.C2HF3O.CH4/c1-48(2,3)69-46(68)49(4,5)70-55-38(35-27-71-47(53-35)54-50(28-15-9-6-10-16-28,29-17-11-7-12-18-29)30-19-13-8-14-20-30)41(62)52-34-26-56-25-33(39(45(66)67)58(56)44(34)65)40(61)51-21-22-57-42(63)31-23-36(59)37(60)24-32(31)43(57)64;1-30(2,3)39-28(38)31(4,5)40-35-26(27(36)37)25-21-41-29(33-25)34-32(22-15-9-6-10-16-22,23-17-11-7-12-18-23)24-19-13-8-14-20-24;19-10-6-21-5-9(13(18(30)31)23(21)17(10)29)14(26)20-1-2-22-15(27)7-3-11(24)12(25)4-8(7)16(22)28;3-2(4,5)1-6;/h6-20,23-24,27,34,59-60H,21-22,25-26H2,1-5H3,(H,51,61)(H,52,62)(H,53,54)(H,66,67);6-21H,1-5H3,(H,33,34)(H,36,37);3-4,10,24-25H,1-2,5-6,19H2,(H,20,26)(H,30,31);1H;1H4/b55-38-;35-26-;;;/t34-;;10-;;/m0.0../s1. The number of fused-ring (bicyclic) bond motifs is 4. The molecule has 6 aliphatic rings. The molecule has 0 radical (unpaired) electrons. The molecule has 0 saturated carbocycles. The van der Waals surface area contributed by atoms with E-state index in [1.54, 1.807) is 52.3 Å². The number of oxime groups is 2. The van der Waals surface area contributed by atoms with Crippen LogP contribution in [0.15, 0.2) is 250 Å². The molecule has 47 heteroatoms. The number of carbonyl (C=O) groups excluding carboxylic acids is 12. The predicted molar refractivity (Wildman–Crippen MR) is 534 cm³/mol. The SMILES string of the molecule is C.CC(C)(C)OC(=O)C(C)(C)O/N=C(\C(=O)N[C@H]1CN2CC(C(=O)NCCN3C(=O)c4cc(O)c(O)cc4C3=O)=C(C(=O)O)N2C1=O)c1csc(NC(c2ccccc2)(c2ccccc2)c2ccccc2)n1.CC(C)(C)OC(=O)C(C)(C)O/N=C(\C(=O)O)c1csc(NC(c2ccccc2)(c2ccccc2)c2ccccc2)n1.N[C@H]1CN2CC(C(=O)NCCN3C(=O)c4cc(O)c(O)cc4C3=O)=C(C(=O)O)N2C1=O.O=CC(F)(F)F. The summed E-state index contributed by atoms with van der Waals surface area (Å²) in [7, 11) is 0. The van der Waals surface area contributed by atoms with Crippen molar-refractivity contribution >= 4 is 134 Å². The number of aldehydes is 1. The van der Waals surface area contributed by atoms with Gasteiger partial charge in [0.15, 0.2) is 50.4 Å². The molecule has 2 saturated heterocycles. The summed E-state index contributed by atoms with van der Waals surface area (Å²) in [6, 6.07) is 60.8. The van der Waals surface area contributed by atoms with Crippen LogP contribution in [0, 0.1) is 0 Å². The predicted octanol–water partition coefficient (Wildman–Crippen LogP) is 9.51. The molecule has 784 valence electrons. The number of carbonyl (C=O) groups is 15. The van der Waals surface area contributed by atoms with Gasteiger partial charge < -0.3 is 87.2 Å². The van der Waals surface area contributed by atoms with Gasteiger partial charge in [-0.05, 0) is 127 Å². The third-order valence-electron chi connectivity index (χ3n) is 23.1. The molecule has 2 aromatic heterocycles. The van der Waals surface area contributed by atoms with E-state index < -0.39 is 187 Å². The fourth-order valence-corrected chi connectivity index (χ4v) is 17.7. The number of esters is 2. The number of hydrogen-bond acceptors (Lipinski definition) is 34. The quantitative estimate of drug-likeness (QED) is 0.00365. The van der Waals surface area contributed by atoms with E-state index in [4.69, 9.17) is 34.7 Å². The van der Waals surface area contributed by atoms with Gasteiger partial charge in [-0.3, -0.25) is 57.7 Å². The van der Waals surface area contributed by atoms with E-state index >= 15 is 0 Å². The monoisotopic (exact) mass is 2100 g/mol. The fourth-order valence-electron chi connectivity index (χ4n) is 16.2. The van der Waals surface area contributed by atoms with Crippen molar-refractivity contribution < 1.29 is 140 Å². The van der Waals surface area contributed by atoms with E-state index in [1.807, 2.05) is 182 Å². The number of carboxylic acid groups (broad SMARTS) is 3. The van der Waals surface area contributed by atoms with E-state index in [0.29, 0.717) is 10.3 Å². The number of amides is 9. The molecule has 42 nitrogen and oxygen atoms in total. The maximum atomic E-state index is 14.5. The molecule has 2 fully saturated rings. The summed E-state index contributed by atoms with van der Waals surface area (Å²) in [5.41, 5.74) is 1.59. The highest BCUT2D eigenvalue weighted by Gasteiger charge is 2.53. The van der Waals surface area contributed by atoms with Crippen LogP contribution in [0.4, 0.5) is 23.4 Å². The van der Waals surface area contributed by atoms with E-state index in [1.165, 1.54) is 49.0 Å². The minimum Gasteiger partial charge on any atom is -0.504 e. The lowest BCUT2D eigenvalue weighted by Crippen LogP contribution is -2.46. The first-order valence-electron chi connectivity index (χ1n) is 45.4. The summed E-state index contributed by atoms with van der Waals surface area (Å²) in [6.07, 6.45) is -5.70. The molecule has 14 N–H and O–H groups in total. The van der Waals surface area contributed by atoms with Gasteiger partial charge in [-0.2, -0.15) is 13.2 Å². The number of nitrogens with one attached hydrogen (secondary N) is 5. The molecule has 150 heavy (non-hydrogen) atoms. The number of carboxylic acids is 3. The molecule has 8 aromatic carbocycles. The average molecular weight is 2100 g/mol. The number of imide groups is 2. The summed E-state index contributed by atoms with van der Waals surface area (Å²) in [5, 5.41) is 99.5. The minimum absolute atomic E-state index is 0. The van der Waals surface area contributed by atoms with E-state index in [0.717, 1.165) is 88.8 Å². The number of aromatic hydroxyl groups is 4. The lowest BCUT2D eigenvalue weighted by atomic mass is 9.77. The Morgan fingerprint density at radius 3 is 1.05 bits per heavy atom. The highest BCUT2D eigenvalue weighted by atomic mass is 32.1. The van der Waals surface area contributed by atoms with E-state index in [9.17, 15) is 116 Å². The first kappa shape index (κ1) is 111. The Morgan fingerprint density at radius 2 is 0.753 bits per heavy atom. The molecule has 0 aliphatic carbocycles. The number of ether oxygens (including phenoxy) is 2. The number of rotatable bonds is 31. The second kappa shape index (κ2) is 45.3. The molecule has 2 atom stereocenters. The van der Waals surface area contributed by atoms with Gasteiger partial charge in [0.2, 0.25) is 23.2 Å². The van der Waals surface area contributed by atoms with Crippen LogP contribution >= 0.6 is 22.7 Å². The number of phenols is 4. The lowest BCUT2D eigenvalue weighted by Gasteiger charge is -2.36. The zero-order valence-corrected chi connectivity index (χ0v) is 82.7. The zero-order chi connectivity index (χ0) is 108. The number of alkyl halides is 3. The normalized spacial score (nSPS) is 15.8. The summed E-state index contributed by atoms with van der Waals surface area (Å²) in [4.78, 5) is 210. The van der Waals surface area contributed by atoms with Crippen molar-refractivity contribution in [2.75, 3.05) is 63.0 Å². The van der Waals surface area contributed by atoms with E-state index in [-0.39, 0.29) is 105 Å². The second-order valence-electron chi connectivity index (χ2n) is 36.8. The van der Waals surface area contributed by atoms with Crippen LogP contribution in [-0.2, 0) is 83.0 Å². The molecule has 10 aromatic rings. The van der Waals surface area contributed by atoms with Gasteiger partial charge in [0, 0.05) is 50.0 Å². The molecule has 8 heterocycles. The van der Waals surface area contributed by atoms with Crippen molar-refractivity contribution in [1.29, 1.82) is 0 Å². The zero-order valence-electron chi connectivity index (χ0n) is 81.1. The molecular formula is C103H103F3N16O26S2. The third kappa shape index (κ3) is 24.4. The minimum atomic E-state index is -4.64. The number of nitrogens with two attached hydrogens (primary N) is 1. The molecule has 0 bridgehead atoms. The van der Waals surface area contributed by atoms with Gasteiger partial charge in [-0.25, -0.2) is 54.0 Å². The van der Waals surface area contributed by atoms with Gasteiger partial charge in [0.1, 0.15) is 45.8 Å². The fraction of sp³-hybridized carbons (Fsp3) is 0.272. The van der Waals surface area contributed by atoms with Crippen LogP contribution in [0.25, 0.3) is 0 Å². The van der Waals surface area contributed by atoms with Crippen molar-refractivity contribution in [2.45, 2.75) is 128 Å². The first-order valence-corrected chi connectivity index (χ1v) is 47.2. The highest BCUT2D eigenvalue weighted by Crippen LogP contribution is 2.45. The van der Waals surface area contributed by atoms with Crippen LogP contribution in [0.3, 0.4) is 0 Å². The number of halogens is 3. The molecule has 0 unspecified atom stereocenters. The number of anilines is 2. The Hall–Kier alpha value is -17.4. The van der Waals surface area contributed by atoms with Gasteiger partial charge in [0.05, 0.1) is 46.5 Å². The Kier molecular flexibility index (Phi) is 33.6. The van der Waals surface area contributed by atoms with E-state index in [2.05, 4.69) is 41.9 Å². The Bertz CT molecular complexity index is 6770. The molecule has 0 spiro atoms. The average Bonchev–Trinajstić information content (AvgIpc) is 1.35. The number of hydrogen-bond donors (Lipinski definition) is 13. The van der Waals surface area contributed by atoms with Crippen molar-refractivity contribution in [3.63, 3.8) is 0 Å². The van der Waals surface area contributed by atoms with Gasteiger partial charge in [-0.1, -0.05) is 200 Å². The maximum absolute atomic E-state index is 14.5. The summed E-state index contributed by atoms with van der Waals surface area (Å²) < 4.78 is 42.2. The largest absolute Gasteiger partial charge is 0.504 e. The molecule has 6 aliphatic heterocycles. The van der Waals surface area contributed by atoms with Crippen molar-refractivity contribution in [2.24, 2.45) is 16.0 Å². The number of thiazole rings is 2. The maximum Gasteiger partial charge on any atom is 0.446 e. The van der Waals surface area contributed by atoms with Crippen LogP contribution in [0.2, 0.25) is 0 Å². The molecule has 16 rings (SSSR count). The van der Waals surface area contributed by atoms with Gasteiger partial charge in [0.25, 0.3) is 53.2 Å². The Balaban J connectivity index is 0.000000212. The first-order chi connectivity index (χ1) is 70.3. The number of benzene rings is 8. The number of hydrazine groups is 2. The third-order valence-corrected chi connectivity index (χ3v) is 24.6. The Morgan fingerprint density at radius 1 is 0.460 bits per heavy atom. The number of aliphatic carboxylic acids is 3. The number of nitrogens with zero attached hydrogens (tertiary/aromatic N) is 10. The van der Waals surface area contributed by atoms with Gasteiger partial charge in [-0.15, -0.1) is 22.7 Å². The van der Waals surface area contributed by atoms with Crippen LogP contribution in [-0.4, -0.2) is 269 Å². The Labute approximate surface area is 861 Å². The number of aromatic nitrogens is 2. The van der Waals surface area contributed by atoms with Crippen molar-refractivity contribution in [1.82, 2.24) is 55.8 Å². The van der Waals surface area contributed by atoms with Crippen LogP contribution in [0.5, 0.6) is 23.0 Å². The highest BCUT2D eigenvalue weighted by molar-refractivity contribution is 7.14. The summed E-state index contributed by atoms with van der Waals surface area (Å²) >= 11 is 2.39. The summed E-state index contributed by atoms with van der Waals surface area (Å²) in [6.45, 7) is 14.2. The topological polar surface area (TPSA) is 591 Å². The van der Waals surface area contributed by atoms with Crippen LogP contribution in [0.1, 0.15) is 163 Å².